The second kappa shape index (κ2) is 7.67. The molecule has 1 amide bonds. The van der Waals surface area contributed by atoms with E-state index >= 15 is 0 Å². The monoisotopic (exact) mass is 370 g/mol. The molecule has 3 nitrogen and oxygen atoms in total. The Balaban J connectivity index is 1.27. The van der Waals surface area contributed by atoms with E-state index < -0.39 is 0 Å². The molecule has 1 aliphatic rings. The van der Waals surface area contributed by atoms with Crippen molar-refractivity contribution in [2.45, 2.75) is 44.6 Å². The molecule has 3 heterocycles. The molecule has 25 heavy (non-hydrogen) atoms. The van der Waals surface area contributed by atoms with Crippen LogP contribution in [0, 0.1) is 0 Å². The number of fused-ring (bicyclic) bond motifs is 1. The number of carbonyl (C=O) groups excluding carboxylic acids is 1. The highest BCUT2D eigenvalue weighted by molar-refractivity contribution is 7.18. The quantitative estimate of drug-likeness (QED) is 0.542. The first-order valence-electron chi connectivity index (χ1n) is 8.98. The zero-order valence-electron chi connectivity index (χ0n) is 14.2. The maximum absolute atomic E-state index is 12.6. The number of aromatic nitrogens is 1. The van der Waals surface area contributed by atoms with Gasteiger partial charge in [0, 0.05) is 17.8 Å². The van der Waals surface area contributed by atoms with E-state index in [1.165, 1.54) is 14.6 Å². The molecule has 1 unspecified atom stereocenters. The Bertz CT molecular complexity index is 807. The molecule has 0 aliphatic carbocycles. The third kappa shape index (κ3) is 3.77. The van der Waals surface area contributed by atoms with Gasteiger partial charge in [0.15, 0.2) is 0 Å². The molecule has 5 heteroatoms. The summed E-state index contributed by atoms with van der Waals surface area (Å²) in [5.41, 5.74) is 1.09. The van der Waals surface area contributed by atoms with Gasteiger partial charge in [-0.05, 0) is 55.7 Å². The van der Waals surface area contributed by atoms with Crippen LogP contribution in [0.15, 0.2) is 41.8 Å². The van der Waals surface area contributed by atoms with Crippen LogP contribution in [0.1, 0.15) is 48.0 Å². The minimum absolute atomic E-state index is 0.316. The van der Waals surface area contributed by atoms with Crippen molar-refractivity contribution in [1.29, 1.82) is 0 Å². The van der Waals surface area contributed by atoms with E-state index in [0.29, 0.717) is 18.4 Å². The first-order valence-corrected chi connectivity index (χ1v) is 10.7. The second-order valence-corrected chi connectivity index (χ2v) is 8.64. The molecule has 3 aromatic rings. The summed E-state index contributed by atoms with van der Waals surface area (Å²) in [6, 6.07) is 12.8. The number of amides is 1. The Labute approximate surface area is 156 Å². The van der Waals surface area contributed by atoms with Crippen molar-refractivity contribution in [2.24, 2.45) is 0 Å². The fourth-order valence-corrected chi connectivity index (χ4v) is 5.45. The van der Waals surface area contributed by atoms with Crippen LogP contribution in [0.5, 0.6) is 0 Å². The van der Waals surface area contributed by atoms with Crippen LogP contribution in [-0.2, 0) is 11.2 Å². The van der Waals surface area contributed by atoms with E-state index in [2.05, 4.69) is 45.6 Å². The number of unbranched alkanes of at least 4 members (excludes halogenated alkanes) is 1. The Morgan fingerprint density at radius 2 is 2.12 bits per heavy atom. The molecule has 4 rings (SSSR count). The molecule has 1 aliphatic heterocycles. The Morgan fingerprint density at radius 3 is 2.96 bits per heavy atom. The van der Waals surface area contributed by atoms with Crippen LogP contribution < -0.4 is 0 Å². The summed E-state index contributed by atoms with van der Waals surface area (Å²) >= 11 is 3.54. The highest BCUT2D eigenvalue weighted by Gasteiger charge is 2.29. The van der Waals surface area contributed by atoms with E-state index in [9.17, 15) is 4.79 Å². The van der Waals surface area contributed by atoms with Gasteiger partial charge >= 0.3 is 0 Å². The van der Waals surface area contributed by atoms with Crippen molar-refractivity contribution >= 4 is 38.8 Å². The molecule has 1 atom stereocenters. The molecule has 2 aromatic heterocycles. The van der Waals surface area contributed by atoms with Crippen molar-refractivity contribution in [3.8, 4) is 0 Å². The predicted molar refractivity (Wildman–Crippen MR) is 105 cm³/mol. The lowest BCUT2D eigenvalue weighted by Gasteiger charge is -2.24. The lowest BCUT2D eigenvalue weighted by molar-refractivity contribution is -0.132. The molecule has 0 spiro atoms. The SMILES string of the molecule is O=C(CCCCc1nc2ccccc2s1)N1CCCC1c1cccs1. The van der Waals surface area contributed by atoms with Crippen LogP contribution in [0.4, 0.5) is 0 Å². The Kier molecular flexibility index (Phi) is 5.13. The summed E-state index contributed by atoms with van der Waals surface area (Å²) in [4.78, 5) is 20.7. The van der Waals surface area contributed by atoms with E-state index in [-0.39, 0.29) is 0 Å². The van der Waals surface area contributed by atoms with E-state index in [4.69, 9.17) is 0 Å². The zero-order valence-corrected chi connectivity index (χ0v) is 15.8. The fourth-order valence-electron chi connectivity index (χ4n) is 3.56. The van der Waals surface area contributed by atoms with Crippen LogP contribution in [0.3, 0.4) is 0 Å². The summed E-state index contributed by atoms with van der Waals surface area (Å²) in [6.45, 7) is 0.916. The van der Waals surface area contributed by atoms with Gasteiger partial charge < -0.3 is 4.90 Å². The molecule has 1 aromatic carbocycles. The summed E-state index contributed by atoms with van der Waals surface area (Å²) in [5, 5.41) is 3.29. The number of hydrogen-bond donors (Lipinski definition) is 0. The number of carbonyl (C=O) groups is 1. The normalized spacial score (nSPS) is 17.4. The van der Waals surface area contributed by atoms with Crippen LogP contribution >= 0.6 is 22.7 Å². The lowest BCUT2D eigenvalue weighted by atomic mass is 10.1. The Hall–Kier alpha value is -1.72. The van der Waals surface area contributed by atoms with Gasteiger partial charge in [-0.1, -0.05) is 18.2 Å². The molecule has 130 valence electrons. The largest absolute Gasteiger partial charge is 0.335 e. The number of thiazole rings is 1. The number of nitrogens with zero attached hydrogens (tertiary/aromatic N) is 2. The van der Waals surface area contributed by atoms with Crippen molar-refractivity contribution in [3.05, 3.63) is 51.7 Å². The van der Waals surface area contributed by atoms with E-state index in [0.717, 1.165) is 44.2 Å². The first-order chi connectivity index (χ1) is 12.3. The van der Waals surface area contributed by atoms with Gasteiger partial charge in [-0.15, -0.1) is 22.7 Å². The highest BCUT2D eigenvalue weighted by Crippen LogP contribution is 2.35. The number of likely N-dealkylation sites (tertiary alicyclic amines) is 1. The average Bonchev–Trinajstić information content (AvgIpc) is 3.37. The van der Waals surface area contributed by atoms with E-state index in [1.54, 1.807) is 22.7 Å². The molecule has 0 N–H and O–H groups in total. The minimum Gasteiger partial charge on any atom is -0.335 e. The maximum atomic E-state index is 12.6. The predicted octanol–water partition coefficient (Wildman–Crippen LogP) is 5.43. The third-order valence-electron chi connectivity index (χ3n) is 4.81. The van der Waals surface area contributed by atoms with E-state index in [1.807, 2.05) is 6.07 Å². The van der Waals surface area contributed by atoms with Crippen molar-refractivity contribution in [3.63, 3.8) is 0 Å². The average molecular weight is 371 g/mol. The molecule has 1 saturated heterocycles. The van der Waals surface area contributed by atoms with Crippen molar-refractivity contribution in [2.75, 3.05) is 6.54 Å². The smallest absolute Gasteiger partial charge is 0.223 e. The van der Waals surface area contributed by atoms with Gasteiger partial charge in [-0.2, -0.15) is 0 Å². The Morgan fingerprint density at radius 1 is 1.20 bits per heavy atom. The summed E-state index contributed by atoms with van der Waals surface area (Å²) < 4.78 is 1.25. The van der Waals surface area contributed by atoms with Gasteiger partial charge in [0.1, 0.15) is 0 Å². The third-order valence-corrected chi connectivity index (χ3v) is 6.88. The van der Waals surface area contributed by atoms with Crippen LogP contribution in [0.2, 0.25) is 0 Å². The van der Waals surface area contributed by atoms with Gasteiger partial charge in [0.25, 0.3) is 0 Å². The molecule has 0 radical (unpaired) electrons. The second-order valence-electron chi connectivity index (χ2n) is 6.54. The van der Waals surface area contributed by atoms with Gasteiger partial charge in [-0.25, -0.2) is 4.98 Å². The number of rotatable bonds is 6. The number of aryl methyl sites for hydroxylation is 1. The van der Waals surface area contributed by atoms with Gasteiger partial charge in [0.2, 0.25) is 5.91 Å². The summed E-state index contributed by atoms with van der Waals surface area (Å²) in [5.74, 6) is 0.320. The first kappa shape index (κ1) is 16.7. The lowest BCUT2D eigenvalue weighted by Crippen LogP contribution is -2.29. The van der Waals surface area contributed by atoms with Crippen molar-refractivity contribution in [1.82, 2.24) is 9.88 Å². The maximum Gasteiger partial charge on any atom is 0.223 e. The highest BCUT2D eigenvalue weighted by atomic mass is 32.1. The standard InChI is InChI=1S/C20H22N2OS2/c23-20(22-13-5-8-16(22)18-10-6-14-24-18)12-4-3-11-19-21-15-7-1-2-9-17(15)25-19/h1-2,6-7,9-10,14,16H,3-5,8,11-13H2. The molecule has 0 bridgehead atoms. The topological polar surface area (TPSA) is 33.2 Å². The molecular formula is C20H22N2OS2. The summed E-state index contributed by atoms with van der Waals surface area (Å²) in [7, 11) is 0. The number of para-hydroxylation sites is 1. The molecular weight excluding hydrogens is 348 g/mol. The van der Waals surface area contributed by atoms with Gasteiger partial charge in [-0.3, -0.25) is 4.79 Å². The van der Waals surface area contributed by atoms with Crippen molar-refractivity contribution < 1.29 is 4.79 Å². The molecule has 1 fully saturated rings. The minimum atomic E-state index is 0.316. The number of hydrogen-bond acceptors (Lipinski definition) is 4. The summed E-state index contributed by atoms with van der Waals surface area (Å²) in [6.07, 6.45) is 5.84. The zero-order chi connectivity index (χ0) is 17.1. The number of benzene rings is 1. The van der Waals surface area contributed by atoms with Crippen LogP contribution in [0.25, 0.3) is 10.2 Å². The number of thiophene rings is 1. The van der Waals surface area contributed by atoms with Gasteiger partial charge in [0.05, 0.1) is 21.3 Å². The van der Waals surface area contributed by atoms with Crippen LogP contribution in [-0.4, -0.2) is 22.3 Å². The fraction of sp³-hybridized carbons (Fsp3) is 0.400. The molecule has 0 saturated carbocycles.